The number of benzene rings is 1. The number of hydrazine groups is 1. The van der Waals surface area contributed by atoms with Gasteiger partial charge in [0.1, 0.15) is 5.75 Å². The molecule has 0 aliphatic heterocycles. The van der Waals surface area contributed by atoms with Crippen LogP contribution in [0.5, 0.6) is 5.75 Å². The predicted molar refractivity (Wildman–Crippen MR) is 90.4 cm³/mol. The molecular weight excluding hydrogens is 328 g/mol. The fourth-order valence-corrected chi connectivity index (χ4v) is 2.41. The number of nitrogens with zero attached hydrogens (tertiary/aromatic N) is 2. The number of methoxy groups -OCH3 is 1. The van der Waals surface area contributed by atoms with Gasteiger partial charge in [-0.1, -0.05) is 0 Å². The molecule has 2 atom stereocenters. The topological polar surface area (TPSA) is 85.4 Å². The summed E-state index contributed by atoms with van der Waals surface area (Å²) in [5.74, 6) is -0.764. The highest BCUT2D eigenvalue weighted by Gasteiger charge is 2.33. The van der Waals surface area contributed by atoms with E-state index in [-0.39, 0.29) is 5.91 Å². The van der Waals surface area contributed by atoms with E-state index in [2.05, 4.69) is 0 Å². The summed E-state index contributed by atoms with van der Waals surface area (Å²) < 4.78 is 15.5. The van der Waals surface area contributed by atoms with Crippen molar-refractivity contribution in [3.63, 3.8) is 0 Å². The van der Waals surface area contributed by atoms with Crippen molar-refractivity contribution >= 4 is 23.5 Å². The van der Waals surface area contributed by atoms with E-state index in [1.54, 1.807) is 38.1 Å². The fourth-order valence-electron chi connectivity index (χ4n) is 2.41. The van der Waals surface area contributed by atoms with Crippen LogP contribution in [0.3, 0.4) is 0 Å². The summed E-state index contributed by atoms with van der Waals surface area (Å²) in [7, 11) is 1.54. The first-order valence-electron chi connectivity index (χ1n) is 7.74. The maximum atomic E-state index is 12.3. The lowest BCUT2D eigenvalue weighted by Gasteiger charge is -2.40. The third kappa shape index (κ3) is 5.75. The maximum absolute atomic E-state index is 12.3. The minimum atomic E-state index is -0.849. The molecule has 0 saturated heterocycles. The molecule has 0 bridgehead atoms. The van der Waals surface area contributed by atoms with Gasteiger partial charge >= 0.3 is 11.9 Å². The average molecular weight is 352 g/mol. The molecule has 25 heavy (non-hydrogen) atoms. The second kappa shape index (κ2) is 9.03. The van der Waals surface area contributed by atoms with Gasteiger partial charge in [-0.2, -0.15) is 0 Å². The molecule has 8 heteroatoms. The van der Waals surface area contributed by atoms with E-state index in [0.29, 0.717) is 11.4 Å². The molecule has 0 spiro atoms. The van der Waals surface area contributed by atoms with E-state index in [9.17, 15) is 14.4 Å². The van der Waals surface area contributed by atoms with Gasteiger partial charge in [-0.15, -0.1) is 5.01 Å². The third-order valence-electron chi connectivity index (χ3n) is 3.26. The van der Waals surface area contributed by atoms with Crippen molar-refractivity contribution in [2.45, 2.75) is 47.1 Å². The lowest BCUT2D eigenvalue weighted by molar-refractivity contribution is -0.181. The first kappa shape index (κ1) is 20.4. The summed E-state index contributed by atoms with van der Waals surface area (Å²) in [5.41, 5.74) is 0.506. The zero-order valence-corrected chi connectivity index (χ0v) is 15.3. The molecule has 0 saturated carbocycles. The van der Waals surface area contributed by atoms with Crippen LogP contribution in [-0.4, -0.2) is 42.4 Å². The molecule has 8 nitrogen and oxygen atoms in total. The van der Waals surface area contributed by atoms with Gasteiger partial charge in [0.2, 0.25) is 5.91 Å². The highest BCUT2D eigenvalue weighted by molar-refractivity contribution is 5.90. The van der Waals surface area contributed by atoms with Crippen molar-refractivity contribution in [2.24, 2.45) is 0 Å². The van der Waals surface area contributed by atoms with Crippen LogP contribution >= 0.6 is 0 Å². The maximum Gasteiger partial charge on any atom is 0.304 e. The number of carbonyl (C=O) groups excluding carboxylic acids is 3. The average Bonchev–Trinajstić information content (AvgIpc) is 2.50. The van der Waals surface area contributed by atoms with E-state index in [4.69, 9.17) is 14.2 Å². The summed E-state index contributed by atoms with van der Waals surface area (Å²) in [6.45, 7) is 7.05. The molecule has 0 aromatic heterocycles. The van der Waals surface area contributed by atoms with Crippen LogP contribution in [0.2, 0.25) is 0 Å². The van der Waals surface area contributed by atoms with Gasteiger partial charge in [-0.3, -0.25) is 14.4 Å². The Kier molecular flexibility index (Phi) is 7.38. The minimum Gasteiger partial charge on any atom is -0.497 e. The minimum absolute atomic E-state index is 0.344. The summed E-state index contributed by atoms with van der Waals surface area (Å²) in [6, 6.07) is 6.73. The number of rotatable bonds is 7. The molecule has 0 heterocycles. The molecule has 1 aromatic carbocycles. The number of carbonyl (C=O) groups is 3. The second-order valence-electron chi connectivity index (χ2n) is 5.33. The predicted octanol–water partition coefficient (Wildman–Crippen LogP) is 2.08. The number of hydrogen-bond donors (Lipinski definition) is 0. The first-order chi connectivity index (χ1) is 11.7. The summed E-state index contributed by atoms with van der Waals surface area (Å²) in [5, 5.41) is 2.67. The quantitative estimate of drug-likeness (QED) is 0.422. The molecule has 0 radical (unpaired) electrons. The van der Waals surface area contributed by atoms with Crippen LogP contribution in [0.4, 0.5) is 5.69 Å². The van der Waals surface area contributed by atoms with Gasteiger partial charge in [0.25, 0.3) is 0 Å². The van der Waals surface area contributed by atoms with Crippen molar-refractivity contribution in [3.8, 4) is 5.75 Å². The Bertz CT molecular complexity index is 594. The van der Waals surface area contributed by atoms with Crippen molar-refractivity contribution < 1.29 is 28.6 Å². The summed E-state index contributed by atoms with van der Waals surface area (Å²) in [4.78, 5) is 35.0. The van der Waals surface area contributed by atoms with Crippen LogP contribution < -0.4 is 9.75 Å². The summed E-state index contributed by atoms with van der Waals surface area (Å²) in [6.07, 6.45) is -1.70. The van der Waals surface area contributed by atoms with Crippen LogP contribution in [0.1, 0.15) is 34.6 Å². The highest BCUT2D eigenvalue weighted by atomic mass is 16.6. The summed E-state index contributed by atoms with van der Waals surface area (Å²) >= 11 is 0. The molecule has 138 valence electrons. The lowest BCUT2D eigenvalue weighted by Crippen LogP contribution is -2.56. The van der Waals surface area contributed by atoms with Crippen molar-refractivity contribution in [1.82, 2.24) is 5.01 Å². The van der Waals surface area contributed by atoms with Crippen molar-refractivity contribution in [3.05, 3.63) is 24.3 Å². The molecule has 1 aromatic rings. The zero-order chi connectivity index (χ0) is 19.1. The number of hydrogen-bond acceptors (Lipinski definition) is 7. The Hall–Kier alpha value is -2.61. The molecule has 0 aliphatic rings. The number of anilines is 1. The molecule has 0 N–H and O–H groups in total. The Balaban J connectivity index is 3.29. The Morgan fingerprint density at radius 3 is 1.64 bits per heavy atom. The molecular formula is C17H24N2O6. The lowest BCUT2D eigenvalue weighted by atomic mass is 10.3. The SMILES string of the molecule is COc1ccc(N(C(C)=O)N(C(C)OC(C)=O)C(C)OC(C)=O)cc1. The van der Waals surface area contributed by atoms with Crippen LogP contribution in [0.25, 0.3) is 0 Å². The second-order valence-corrected chi connectivity index (χ2v) is 5.33. The number of amides is 1. The largest absolute Gasteiger partial charge is 0.497 e. The van der Waals surface area contributed by atoms with Gasteiger partial charge in [0.05, 0.1) is 12.8 Å². The number of esters is 2. The highest BCUT2D eigenvalue weighted by Crippen LogP contribution is 2.24. The Morgan fingerprint density at radius 2 is 1.32 bits per heavy atom. The zero-order valence-electron chi connectivity index (χ0n) is 15.3. The van der Waals surface area contributed by atoms with Crippen molar-refractivity contribution in [2.75, 3.05) is 12.1 Å². The Morgan fingerprint density at radius 1 is 0.880 bits per heavy atom. The van der Waals surface area contributed by atoms with E-state index < -0.39 is 24.4 Å². The van der Waals surface area contributed by atoms with Gasteiger partial charge in [0.15, 0.2) is 12.5 Å². The van der Waals surface area contributed by atoms with Crippen LogP contribution in [0, 0.1) is 0 Å². The van der Waals surface area contributed by atoms with Gasteiger partial charge < -0.3 is 14.2 Å². The van der Waals surface area contributed by atoms with E-state index >= 15 is 0 Å². The van der Waals surface area contributed by atoms with Gasteiger partial charge in [-0.05, 0) is 38.1 Å². The molecule has 0 aliphatic carbocycles. The third-order valence-corrected chi connectivity index (χ3v) is 3.26. The molecule has 1 rings (SSSR count). The molecule has 2 unspecified atom stereocenters. The van der Waals surface area contributed by atoms with Gasteiger partial charge in [-0.25, -0.2) is 5.01 Å². The molecule has 0 fully saturated rings. The van der Waals surface area contributed by atoms with E-state index in [0.717, 1.165) is 0 Å². The smallest absolute Gasteiger partial charge is 0.304 e. The van der Waals surface area contributed by atoms with Gasteiger partial charge in [0, 0.05) is 20.8 Å². The van der Waals surface area contributed by atoms with Crippen LogP contribution in [-0.2, 0) is 23.9 Å². The number of ether oxygens (including phenoxy) is 3. The van der Waals surface area contributed by atoms with E-state index in [1.165, 1.54) is 37.9 Å². The monoisotopic (exact) mass is 352 g/mol. The standard InChI is InChI=1S/C17H24N2O6/c1-11(20)18(16-7-9-17(23-6)10-8-16)19(12(2)24-14(4)21)13(3)25-15(5)22/h7-10,12-13H,1-6H3. The Labute approximate surface area is 147 Å². The fraction of sp³-hybridized carbons (Fsp3) is 0.471. The van der Waals surface area contributed by atoms with Crippen molar-refractivity contribution in [1.29, 1.82) is 0 Å². The first-order valence-corrected chi connectivity index (χ1v) is 7.74. The van der Waals surface area contributed by atoms with E-state index in [1.807, 2.05) is 0 Å². The normalized spacial score (nSPS) is 12.9. The molecule has 1 amide bonds. The van der Waals surface area contributed by atoms with Crippen LogP contribution in [0.15, 0.2) is 24.3 Å².